The average Bonchev–Trinajstić information content (AvgIpc) is 3.08. The van der Waals surface area contributed by atoms with E-state index in [0.717, 1.165) is 10.0 Å². The fourth-order valence-corrected chi connectivity index (χ4v) is 3.14. The van der Waals surface area contributed by atoms with E-state index in [4.69, 9.17) is 19.9 Å². The van der Waals surface area contributed by atoms with Crippen LogP contribution in [0.2, 0.25) is 0 Å². The number of aromatic nitrogens is 3. The fraction of sp³-hybridized carbons (Fsp3) is 0.211. The zero-order valence-electron chi connectivity index (χ0n) is 16.1. The van der Waals surface area contributed by atoms with E-state index < -0.39 is 5.91 Å². The van der Waals surface area contributed by atoms with Gasteiger partial charge in [0.15, 0.2) is 23.0 Å². The van der Waals surface area contributed by atoms with E-state index in [1.54, 1.807) is 25.3 Å². The van der Waals surface area contributed by atoms with E-state index in [9.17, 15) is 4.79 Å². The maximum atomic E-state index is 12.6. The molecule has 0 saturated carbocycles. The third kappa shape index (κ3) is 4.43. The van der Waals surface area contributed by atoms with Crippen molar-refractivity contribution in [2.45, 2.75) is 6.54 Å². The summed E-state index contributed by atoms with van der Waals surface area (Å²) in [5.74, 6) is 1.38. The number of hydrogen-bond donors (Lipinski definition) is 2. The van der Waals surface area contributed by atoms with Crippen LogP contribution in [0.3, 0.4) is 0 Å². The number of nitrogens with two attached hydrogens (primary N) is 1. The molecule has 1 amide bonds. The molecule has 0 atom stereocenters. The van der Waals surface area contributed by atoms with E-state index in [1.165, 1.54) is 18.9 Å². The number of halogens is 1. The van der Waals surface area contributed by atoms with Gasteiger partial charge in [0.1, 0.15) is 5.75 Å². The van der Waals surface area contributed by atoms with Crippen LogP contribution in [0.25, 0.3) is 0 Å². The van der Waals surface area contributed by atoms with E-state index in [1.807, 2.05) is 18.2 Å². The normalized spacial score (nSPS) is 10.5. The number of nitrogens with one attached hydrogen (secondary N) is 1. The lowest BCUT2D eigenvalue weighted by Crippen LogP contribution is -2.15. The SMILES string of the molecule is COc1ccc(Br)cc1Cn1nnc(C(=O)Nc2ccc(OC)c(OC)c2)c1N. The molecule has 0 spiro atoms. The van der Waals surface area contributed by atoms with Crippen molar-refractivity contribution in [3.05, 3.63) is 52.1 Å². The second-order valence-electron chi connectivity index (χ2n) is 5.96. The summed E-state index contributed by atoms with van der Waals surface area (Å²) >= 11 is 3.43. The topological polar surface area (TPSA) is 114 Å². The Morgan fingerprint density at radius 3 is 2.45 bits per heavy atom. The maximum absolute atomic E-state index is 12.6. The van der Waals surface area contributed by atoms with Gasteiger partial charge in [0.05, 0.1) is 27.9 Å². The van der Waals surface area contributed by atoms with Gasteiger partial charge in [-0.15, -0.1) is 5.10 Å². The molecule has 0 aliphatic rings. The molecule has 3 aromatic rings. The van der Waals surface area contributed by atoms with Gasteiger partial charge >= 0.3 is 0 Å². The van der Waals surface area contributed by atoms with E-state index >= 15 is 0 Å². The quantitative estimate of drug-likeness (QED) is 0.555. The second kappa shape index (κ2) is 8.82. The van der Waals surface area contributed by atoms with Gasteiger partial charge in [-0.3, -0.25) is 4.79 Å². The molecule has 3 rings (SSSR count). The highest BCUT2D eigenvalue weighted by Gasteiger charge is 2.19. The van der Waals surface area contributed by atoms with Gasteiger partial charge < -0.3 is 25.3 Å². The molecule has 3 N–H and O–H groups in total. The molecule has 0 unspecified atom stereocenters. The van der Waals surface area contributed by atoms with Gasteiger partial charge in [0, 0.05) is 21.8 Å². The molecule has 10 heteroatoms. The summed E-state index contributed by atoms with van der Waals surface area (Å²) in [5.41, 5.74) is 7.49. The average molecular weight is 462 g/mol. The molecule has 0 fully saturated rings. The van der Waals surface area contributed by atoms with Crippen LogP contribution in [0.15, 0.2) is 40.9 Å². The van der Waals surface area contributed by atoms with E-state index in [-0.39, 0.29) is 11.5 Å². The van der Waals surface area contributed by atoms with Gasteiger partial charge in [0.2, 0.25) is 0 Å². The van der Waals surface area contributed by atoms with E-state index in [2.05, 4.69) is 31.6 Å². The molecule has 0 bridgehead atoms. The van der Waals surface area contributed by atoms with Crippen LogP contribution in [-0.4, -0.2) is 42.2 Å². The first kappa shape index (κ1) is 20.5. The van der Waals surface area contributed by atoms with Crippen molar-refractivity contribution in [1.29, 1.82) is 0 Å². The standard InChI is InChI=1S/C19H20BrN5O4/c1-27-14-6-4-12(20)8-11(14)10-25-18(21)17(23-24-25)19(26)22-13-5-7-15(28-2)16(9-13)29-3/h4-9H,10,21H2,1-3H3,(H,22,26). The lowest BCUT2D eigenvalue weighted by atomic mass is 10.2. The Labute approximate surface area is 175 Å². The third-order valence-corrected chi connectivity index (χ3v) is 4.69. The minimum absolute atomic E-state index is 0.0220. The summed E-state index contributed by atoms with van der Waals surface area (Å²) in [7, 11) is 4.64. The van der Waals surface area contributed by atoms with Crippen molar-refractivity contribution in [3.63, 3.8) is 0 Å². The minimum atomic E-state index is -0.484. The number of ether oxygens (including phenoxy) is 3. The fourth-order valence-electron chi connectivity index (χ4n) is 2.74. The molecule has 2 aromatic carbocycles. The van der Waals surface area contributed by atoms with Gasteiger partial charge in [-0.1, -0.05) is 21.1 Å². The van der Waals surface area contributed by atoms with Gasteiger partial charge in [-0.2, -0.15) is 0 Å². The summed E-state index contributed by atoms with van der Waals surface area (Å²) in [5, 5.41) is 10.7. The molecule has 29 heavy (non-hydrogen) atoms. The first-order valence-corrected chi connectivity index (χ1v) is 9.30. The number of anilines is 2. The summed E-state index contributed by atoms with van der Waals surface area (Å²) in [4.78, 5) is 12.6. The van der Waals surface area contributed by atoms with Gasteiger partial charge in [-0.05, 0) is 30.3 Å². The highest BCUT2D eigenvalue weighted by atomic mass is 79.9. The Morgan fingerprint density at radius 2 is 1.76 bits per heavy atom. The molecule has 1 heterocycles. The number of hydrogen-bond acceptors (Lipinski definition) is 7. The summed E-state index contributed by atoms with van der Waals surface area (Å²) in [6, 6.07) is 10.6. The number of carbonyl (C=O) groups is 1. The predicted molar refractivity (Wildman–Crippen MR) is 112 cm³/mol. The van der Waals surface area contributed by atoms with Crippen LogP contribution < -0.4 is 25.3 Å². The molecular weight excluding hydrogens is 442 g/mol. The zero-order valence-corrected chi connectivity index (χ0v) is 17.7. The van der Waals surface area contributed by atoms with Crippen molar-refractivity contribution in [2.24, 2.45) is 0 Å². The van der Waals surface area contributed by atoms with Crippen molar-refractivity contribution in [2.75, 3.05) is 32.4 Å². The second-order valence-corrected chi connectivity index (χ2v) is 6.88. The molecule has 152 valence electrons. The number of nitrogen functional groups attached to an aromatic ring is 1. The third-order valence-electron chi connectivity index (χ3n) is 4.19. The first-order chi connectivity index (χ1) is 14.0. The number of carbonyl (C=O) groups excluding carboxylic acids is 1. The number of rotatable bonds is 7. The molecule has 1 aromatic heterocycles. The van der Waals surface area contributed by atoms with E-state index in [0.29, 0.717) is 29.5 Å². The Balaban J connectivity index is 1.80. The number of nitrogens with zero attached hydrogens (tertiary/aromatic N) is 3. The smallest absolute Gasteiger partial charge is 0.280 e. The van der Waals surface area contributed by atoms with Crippen LogP contribution >= 0.6 is 15.9 Å². The van der Waals surface area contributed by atoms with Crippen LogP contribution in [-0.2, 0) is 6.54 Å². The highest BCUT2D eigenvalue weighted by Crippen LogP contribution is 2.30. The summed E-state index contributed by atoms with van der Waals surface area (Å²) in [6.07, 6.45) is 0. The first-order valence-electron chi connectivity index (χ1n) is 8.51. The maximum Gasteiger partial charge on any atom is 0.280 e. The Hall–Kier alpha value is -3.27. The molecule has 0 saturated heterocycles. The van der Waals surface area contributed by atoms with Crippen molar-refractivity contribution in [1.82, 2.24) is 15.0 Å². The lowest BCUT2D eigenvalue weighted by Gasteiger charge is -2.11. The number of benzene rings is 2. The van der Waals surface area contributed by atoms with Crippen LogP contribution in [0.5, 0.6) is 17.2 Å². The number of amides is 1. The Morgan fingerprint density at radius 1 is 1.07 bits per heavy atom. The van der Waals surface area contributed by atoms with Gasteiger partial charge in [-0.25, -0.2) is 4.68 Å². The van der Waals surface area contributed by atoms with Gasteiger partial charge in [0.25, 0.3) is 5.91 Å². The van der Waals surface area contributed by atoms with Crippen LogP contribution in [0, 0.1) is 0 Å². The highest BCUT2D eigenvalue weighted by molar-refractivity contribution is 9.10. The van der Waals surface area contributed by atoms with Crippen molar-refractivity contribution >= 4 is 33.3 Å². The van der Waals surface area contributed by atoms with Crippen molar-refractivity contribution in [3.8, 4) is 17.2 Å². The largest absolute Gasteiger partial charge is 0.496 e. The molecule has 9 nitrogen and oxygen atoms in total. The molecular formula is C19H20BrN5O4. The Bertz CT molecular complexity index is 1040. The summed E-state index contributed by atoms with van der Waals surface area (Å²) < 4.78 is 18.1. The molecule has 0 radical (unpaired) electrons. The Kier molecular flexibility index (Phi) is 6.23. The molecule has 0 aliphatic carbocycles. The minimum Gasteiger partial charge on any atom is -0.496 e. The monoisotopic (exact) mass is 461 g/mol. The predicted octanol–water partition coefficient (Wildman–Crippen LogP) is 2.95. The zero-order chi connectivity index (χ0) is 21.0. The summed E-state index contributed by atoms with van der Waals surface area (Å²) in [6.45, 7) is 0.297. The number of methoxy groups -OCH3 is 3. The lowest BCUT2D eigenvalue weighted by molar-refractivity contribution is 0.102. The molecule has 0 aliphatic heterocycles. The van der Waals surface area contributed by atoms with Crippen LogP contribution in [0.4, 0.5) is 11.5 Å². The van der Waals surface area contributed by atoms with Crippen LogP contribution in [0.1, 0.15) is 16.1 Å². The van der Waals surface area contributed by atoms with Crippen molar-refractivity contribution < 1.29 is 19.0 Å².